The van der Waals surface area contributed by atoms with Gasteiger partial charge >= 0.3 is 0 Å². The molecule has 2 aliphatic rings. The molecule has 2 rings (SSSR count). The Balaban J connectivity index is 1.53. The standard InChI is InChI=1S/C14H27NO/c1-10(2)5-4-6-11(3)7-8-12-13-9-16-14(12,13)15/h10-13H,4-9,15H2,1-3H3. The Morgan fingerprint density at radius 3 is 2.44 bits per heavy atom. The smallest absolute Gasteiger partial charge is 0.125 e. The number of nitrogens with two attached hydrogens (primary N) is 1. The lowest BCUT2D eigenvalue weighted by molar-refractivity contribution is -0.0626. The van der Waals surface area contributed by atoms with Crippen molar-refractivity contribution in [3.8, 4) is 0 Å². The third-order valence-electron chi connectivity index (χ3n) is 4.50. The van der Waals surface area contributed by atoms with Gasteiger partial charge in [-0.1, -0.05) is 46.5 Å². The minimum absolute atomic E-state index is 0.169. The molecule has 1 aliphatic carbocycles. The number of ether oxygens (including phenoxy) is 1. The lowest BCUT2D eigenvalue weighted by Crippen LogP contribution is -2.39. The Labute approximate surface area is 99.9 Å². The van der Waals surface area contributed by atoms with E-state index in [4.69, 9.17) is 10.5 Å². The lowest BCUT2D eigenvalue weighted by Gasteiger charge is -2.20. The van der Waals surface area contributed by atoms with Gasteiger partial charge in [-0.3, -0.25) is 0 Å². The molecule has 0 aromatic carbocycles. The highest BCUT2D eigenvalue weighted by Crippen LogP contribution is 2.59. The van der Waals surface area contributed by atoms with E-state index in [1.54, 1.807) is 0 Å². The summed E-state index contributed by atoms with van der Waals surface area (Å²) in [7, 11) is 0. The Kier molecular flexibility index (Phi) is 3.60. The second-order valence-corrected chi connectivity index (χ2v) is 6.38. The van der Waals surface area contributed by atoms with Crippen LogP contribution in [0.25, 0.3) is 0 Å². The zero-order valence-corrected chi connectivity index (χ0v) is 11.0. The van der Waals surface area contributed by atoms with Crippen molar-refractivity contribution in [1.29, 1.82) is 0 Å². The summed E-state index contributed by atoms with van der Waals surface area (Å²) in [4.78, 5) is 0. The van der Waals surface area contributed by atoms with Gasteiger partial charge in [-0.05, 0) is 18.3 Å². The normalized spacial score (nSPS) is 38.1. The number of hydrogen-bond donors (Lipinski definition) is 1. The fourth-order valence-electron chi connectivity index (χ4n) is 3.04. The molecule has 2 nitrogen and oxygen atoms in total. The Hall–Kier alpha value is -0.0800. The maximum Gasteiger partial charge on any atom is 0.125 e. The van der Waals surface area contributed by atoms with E-state index in [1.165, 1.54) is 32.1 Å². The maximum absolute atomic E-state index is 6.04. The summed E-state index contributed by atoms with van der Waals surface area (Å²) in [5.41, 5.74) is 5.87. The van der Waals surface area contributed by atoms with Gasteiger partial charge in [0.1, 0.15) is 5.72 Å². The molecule has 1 saturated carbocycles. The summed E-state index contributed by atoms with van der Waals surface area (Å²) >= 11 is 0. The molecule has 4 atom stereocenters. The Morgan fingerprint density at radius 1 is 1.25 bits per heavy atom. The van der Waals surface area contributed by atoms with Crippen LogP contribution >= 0.6 is 0 Å². The molecule has 94 valence electrons. The highest BCUT2D eigenvalue weighted by molar-refractivity contribution is 5.15. The van der Waals surface area contributed by atoms with Crippen LogP contribution < -0.4 is 5.73 Å². The van der Waals surface area contributed by atoms with E-state index in [-0.39, 0.29) is 5.72 Å². The van der Waals surface area contributed by atoms with E-state index in [1.807, 2.05) is 0 Å². The highest BCUT2D eigenvalue weighted by atomic mass is 16.6. The average molecular weight is 225 g/mol. The molecule has 2 heteroatoms. The molecule has 16 heavy (non-hydrogen) atoms. The zero-order chi connectivity index (χ0) is 11.8. The fourth-order valence-corrected chi connectivity index (χ4v) is 3.04. The molecule has 4 unspecified atom stereocenters. The van der Waals surface area contributed by atoms with Gasteiger partial charge < -0.3 is 10.5 Å². The quantitative estimate of drug-likeness (QED) is 0.722. The van der Waals surface area contributed by atoms with E-state index < -0.39 is 0 Å². The molecule has 0 aromatic rings. The summed E-state index contributed by atoms with van der Waals surface area (Å²) in [5, 5.41) is 0. The van der Waals surface area contributed by atoms with Crippen LogP contribution in [0.1, 0.15) is 52.9 Å². The first-order valence-corrected chi connectivity index (χ1v) is 6.97. The van der Waals surface area contributed by atoms with Crippen LogP contribution in [0.5, 0.6) is 0 Å². The molecule has 0 radical (unpaired) electrons. The molecule has 2 fully saturated rings. The number of rotatable bonds is 7. The molecule has 0 amide bonds. The van der Waals surface area contributed by atoms with Crippen LogP contribution in [0.15, 0.2) is 0 Å². The van der Waals surface area contributed by atoms with Crippen molar-refractivity contribution in [2.24, 2.45) is 29.4 Å². The Bertz CT molecular complexity index is 241. The van der Waals surface area contributed by atoms with E-state index in [9.17, 15) is 0 Å². The van der Waals surface area contributed by atoms with Crippen molar-refractivity contribution >= 4 is 0 Å². The molecule has 1 heterocycles. The third-order valence-corrected chi connectivity index (χ3v) is 4.50. The first-order chi connectivity index (χ1) is 7.54. The van der Waals surface area contributed by atoms with Gasteiger partial charge in [0.25, 0.3) is 0 Å². The lowest BCUT2D eigenvalue weighted by atomic mass is 9.95. The first kappa shape index (κ1) is 12.4. The predicted molar refractivity (Wildman–Crippen MR) is 66.9 cm³/mol. The van der Waals surface area contributed by atoms with Crippen molar-refractivity contribution in [3.63, 3.8) is 0 Å². The molecule has 0 bridgehead atoms. The van der Waals surface area contributed by atoms with Gasteiger partial charge in [-0.25, -0.2) is 0 Å². The summed E-state index contributed by atoms with van der Waals surface area (Å²) in [6, 6.07) is 0. The van der Waals surface area contributed by atoms with Crippen molar-refractivity contribution in [2.75, 3.05) is 6.61 Å². The van der Waals surface area contributed by atoms with Gasteiger partial charge in [0.05, 0.1) is 6.61 Å². The van der Waals surface area contributed by atoms with E-state index in [2.05, 4.69) is 20.8 Å². The molecule has 0 aromatic heterocycles. The third kappa shape index (κ3) is 2.43. The monoisotopic (exact) mass is 225 g/mol. The zero-order valence-electron chi connectivity index (χ0n) is 11.0. The van der Waals surface area contributed by atoms with E-state index in [0.29, 0.717) is 11.8 Å². The average Bonchev–Trinajstić information content (AvgIpc) is 2.59. The van der Waals surface area contributed by atoms with Gasteiger partial charge in [0.15, 0.2) is 0 Å². The van der Waals surface area contributed by atoms with Crippen LogP contribution in [-0.4, -0.2) is 12.3 Å². The number of hydrogen-bond acceptors (Lipinski definition) is 2. The van der Waals surface area contributed by atoms with Crippen molar-refractivity contribution in [1.82, 2.24) is 0 Å². The molecule has 2 N–H and O–H groups in total. The Morgan fingerprint density at radius 2 is 1.94 bits per heavy atom. The highest BCUT2D eigenvalue weighted by Gasteiger charge is 2.70. The van der Waals surface area contributed by atoms with Crippen LogP contribution in [0.3, 0.4) is 0 Å². The van der Waals surface area contributed by atoms with Gasteiger partial charge in [0.2, 0.25) is 0 Å². The second-order valence-electron chi connectivity index (χ2n) is 6.38. The summed E-state index contributed by atoms with van der Waals surface area (Å²) in [6.45, 7) is 7.92. The largest absolute Gasteiger partial charge is 0.360 e. The topological polar surface area (TPSA) is 35.2 Å². The summed E-state index contributed by atoms with van der Waals surface area (Å²) < 4.78 is 5.43. The second kappa shape index (κ2) is 4.66. The minimum Gasteiger partial charge on any atom is -0.360 e. The first-order valence-electron chi connectivity index (χ1n) is 6.97. The van der Waals surface area contributed by atoms with Crippen molar-refractivity contribution < 1.29 is 4.74 Å². The van der Waals surface area contributed by atoms with Gasteiger partial charge in [-0.15, -0.1) is 0 Å². The molecule has 1 saturated heterocycles. The van der Waals surface area contributed by atoms with E-state index >= 15 is 0 Å². The van der Waals surface area contributed by atoms with Crippen LogP contribution in [0.4, 0.5) is 0 Å². The fraction of sp³-hybridized carbons (Fsp3) is 1.00. The van der Waals surface area contributed by atoms with Crippen LogP contribution in [0.2, 0.25) is 0 Å². The van der Waals surface area contributed by atoms with Crippen molar-refractivity contribution in [2.45, 2.75) is 58.6 Å². The van der Waals surface area contributed by atoms with E-state index in [0.717, 1.165) is 18.4 Å². The van der Waals surface area contributed by atoms with Gasteiger partial charge in [-0.2, -0.15) is 0 Å². The maximum atomic E-state index is 6.04. The van der Waals surface area contributed by atoms with Crippen molar-refractivity contribution in [3.05, 3.63) is 0 Å². The SMILES string of the molecule is CC(C)CCCC(C)CCC1C2COC12N. The van der Waals surface area contributed by atoms with Crippen LogP contribution in [-0.2, 0) is 4.74 Å². The predicted octanol–water partition coefficient (Wildman–Crippen LogP) is 3.16. The molecular weight excluding hydrogens is 198 g/mol. The summed E-state index contributed by atoms with van der Waals surface area (Å²) in [6.07, 6.45) is 6.76. The minimum atomic E-state index is -0.169. The van der Waals surface area contributed by atoms with Gasteiger partial charge in [0, 0.05) is 11.8 Å². The number of fused-ring (bicyclic) bond motifs is 1. The molecular formula is C14H27NO. The molecule has 0 spiro atoms. The van der Waals surface area contributed by atoms with Crippen LogP contribution in [0, 0.1) is 23.7 Å². The molecule has 1 aliphatic heterocycles. The summed E-state index contributed by atoms with van der Waals surface area (Å²) in [5.74, 6) is 3.10.